The Kier molecular flexibility index (Phi) is 5.92. The van der Waals surface area contributed by atoms with Crippen LogP contribution in [0.1, 0.15) is 17.5 Å². The molecule has 1 aliphatic heterocycles. The number of halogens is 5. The Morgan fingerprint density at radius 2 is 1.69 bits per heavy atom. The molecule has 0 radical (unpaired) electrons. The van der Waals surface area contributed by atoms with Gasteiger partial charge in [0.05, 0.1) is 11.9 Å². The van der Waals surface area contributed by atoms with E-state index in [0.29, 0.717) is 16.5 Å². The van der Waals surface area contributed by atoms with Crippen molar-refractivity contribution in [1.82, 2.24) is 9.78 Å². The Morgan fingerprint density at radius 1 is 1.06 bits per heavy atom. The average molecular weight is 534 g/mol. The van der Waals surface area contributed by atoms with Gasteiger partial charge < -0.3 is 9.94 Å². The van der Waals surface area contributed by atoms with E-state index >= 15 is 0 Å². The number of carboxylic acid groups (broad SMARTS) is 1. The van der Waals surface area contributed by atoms with E-state index in [1.807, 2.05) is 6.07 Å². The Labute approximate surface area is 212 Å². The minimum absolute atomic E-state index is 0.0522. The normalized spacial score (nSPS) is 17.8. The number of hydrogen-bond acceptors (Lipinski definition) is 4. The molecule has 1 unspecified atom stereocenters. The molecule has 11 heteroatoms. The van der Waals surface area contributed by atoms with Crippen molar-refractivity contribution in [2.75, 3.05) is 0 Å². The standard InChI is InChI=1S/C25H16Cl2F3N3O3/c26-16-7-15(8-17(27)9-16)24(25(28,29)30)10-22(32-36-24)21-6-5-18(19-3-1-2-4-20(19)21)14-11-31-33(12-14)13-23(34)35/h1-9,11-12H,10,13H2,(H,34,35). The second-order valence-electron chi connectivity index (χ2n) is 8.32. The highest BCUT2D eigenvalue weighted by molar-refractivity contribution is 6.34. The quantitative estimate of drug-likeness (QED) is 0.310. The lowest BCUT2D eigenvalue weighted by Gasteiger charge is -2.29. The Balaban J connectivity index is 1.58. The van der Waals surface area contributed by atoms with Crippen LogP contribution < -0.4 is 0 Å². The predicted molar refractivity (Wildman–Crippen MR) is 129 cm³/mol. The van der Waals surface area contributed by atoms with Gasteiger partial charge in [0.2, 0.25) is 0 Å². The molecule has 1 N–H and O–H groups in total. The maximum absolute atomic E-state index is 14.4. The van der Waals surface area contributed by atoms with Crippen molar-refractivity contribution >= 4 is 45.7 Å². The Morgan fingerprint density at radius 3 is 2.33 bits per heavy atom. The fourth-order valence-electron chi connectivity index (χ4n) is 4.37. The first-order valence-electron chi connectivity index (χ1n) is 10.6. The van der Waals surface area contributed by atoms with Crippen LogP contribution in [0.15, 0.2) is 72.1 Å². The summed E-state index contributed by atoms with van der Waals surface area (Å²) in [6, 6.07) is 14.3. The maximum atomic E-state index is 14.4. The number of carboxylic acids is 1. The second-order valence-corrected chi connectivity index (χ2v) is 9.19. The van der Waals surface area contributed by atoms with Gasteiger partial charge in [-0.3, -0.25) is 9.48 Å². The number of carbonyl (C=O) groups is 1. The van der Waals surface area contributed by atoms with Crippen LogP contribution in [0.3, 0.4) is 0 Å². The number of hydrogen-bond donors (Lipinski definition) is 1. The zero-order valence-corrected chi connectivity index (χ0v) is 19.8. The smallest absolute Gasteiger partial charge is 0.435 e. The highest BCUT2D eigenvalue weighted by Crippen LogP contribution is 2.50. The van der Waals surface area contributed by atoms with Crippen LogP contribution >= 0.6 is 23.2 Å². The number of rotatable bonds is 5. The third-order valence-electron chi connectivity index (χ3n) is 5.99. The third kappa shape index (κ3) is 4.18. The van der Waals surface area contributed by atoms with Crippen molar-refractivity contribution in [1.29, 1.82) is 0 Å². The molecule has 4 aromatic rings. The molecule has 2 heterocycles. The molecule has 1 aliphatic rings. The minimum Gasteiger partial charge on any atom is -0.480 e. The summed E-state index contributed by atoms with van der Waals surface area (Å²) < 4.78 is 44.5. The molecule has 5 rings (SSSR count). The van der Waals surface area contributed by atoms with Gasteiger partial charge in [0, 0.05) is 39.4 Å². The van der Waals surface area contributed by atoms with Gasteiger partial charge in [0.15, 0.2) is 0 Å². The lowest BCUT2D eigenvalue weighted by Crippen LogP contribution is -2.42. The first kappa shape index (κ1) is 24.1. The van der Waals surface area contributed by atoms with Crippen molar-refractivity contribution in [2.45, 2.75) is 24.7 Å². The van der Waals surface area contributed by atoms with Crippen LogP contribution in [0.25, 0.3) is 21.9 Å². The van der Waals surface area contributed by atoms with Crippen molar-refractivity contribution in [2.24, 2.45) is 5.16 Å². The summed E-state index contributed by atoms with van der Waals surface area (Å²) in [7, 11) is 0. The number of alkyl halides is 3. The van der Waals surface area contributed by atoms with Gasteiger partial charge in [0.25, 0.3) is 5.60 Å². The van der Waals surface area contributed by atoms with E-state index in [9.17, 15) is 18.0 Å². The van der Waals surface area contributed by atoms with Gasteiger partial charge in [-0.15, -0.1) is 0 Å². The SMILES string of the molecule is O=C(O)Cn1cc(-c2ccc(C3=NOC(c4cc(Cl)cc(Cl)c4)(C(F)(F)F)C3)c3ccccc23)cn1. The van der Waals surface area contributed by atoms with Crippen LogP contribution in [0.5, 0.6) is 0 Å². The molecule has 1 atom stereocenters. The molecule has 0 aliphatic carbocycles. The Bertz CT molecular complexity index is 1510. The summed E-state index contributed by atoms with van der Waals surface area (Å²) >= 11 is 12.0. The summed E-state index contributed by atoms with van der Waals surface area (Å²) in [6.07, 6.45) is -2.24. The maximum Gasteiger partial charge on any atom is 0.435 e. The van der Waals surface area contributed by atoms with Crippen LogP contribution in [0, 0.1) is 0 Å². The van der Waals surface area contributed by atoms with Gasteiger partial charge in [-0.25, -0.2) is 0 Å². The number of aliphatic carboxylic acids is 1. The summed E-state index contributed by atoms with van der Waals surface area (Å²) in [5.74, 6) is -1.03. The summed E-state index contributed by atoms with van der Waals surface area (Å²) in [6.45, 7) is -0.294. The van der Waals surface area contributed by atoms with E-state index in [-0.39, 0.29) is 27.9 Å². The van der Waals surface area contributed by atoms with Gasteiger partial charge in [0.1, 0.15) is 6.54 Å². The van der Waals surface area contributed by atoms with Gasteiger partial charge in [-0.05, 0) is 34.5 Å². The lowest BCUT2D eigenvalue weighted by molar-refractivity contribution is -0.275. The van der Waals surface area contributed by atoms with Crippen molar-refractivity contribution in [3.8, 4) is 11.1 Å². The summed E-state index contributed by atoms with van der Waals surface area (Å²) in [4.78, 5) is 16.1. The van der Waals surface area contributed by atoms with Crippen LogP contribution in [0.4, 0.5) is 13.2 Å². The van der Waals surface area contributed by atoms with Gasteiger partial charge in [-0.1, -0.05) is 64.8 Å². The van der Waals surface area contributed by atoms with Gasteiger partial charge in [-0.2, -0.15) is 18.3 Å². The molecule has 6 nitrogen and oxygen atoms in total. The number of oxime groups is 1. The minimum atomic E-state index is -4.80. The lowest BCUT2D eigenvalue weighted by atomic mass is 9.85. The number of nitrogens with zero attached hydrogens (tertiary/aromatic N) is 3. The fourth-order valence-corrected chi connectivity index (χ4v) is 4.89. The van der Waals surface area contributed by atoms with Crippen LogP contribution in [0.2, 0.25) is 10.0 Å². The summed E-state index contributed by atoms with van der Waals surface area (Å²) in [5.41, 5.74) is -0.970. The van der Waals surface area contributed by atoms with Crippen molar-refractivity contribution in [3.63, 3.8) is 0 Å². The molecule has 3 aromatic carbocycles. The van der Waals surface area contributed by atoms with Crippen LogP contribution in [-0.2, 0) is 21.8 Å². The average Bonchev–Trinajstić information content (AvgIpc) is 3.45. The zero-order chi connectivity index (χ0) is 25.7. The van der Waals surface area contributed by atoms with E-state index in [1.165, 1.54) is 29.1 Å². The number of aromatic nitrogens is 2. The highest BCUT2D eigenvalue weighted by Gasteiger charge is 2.62. The number of fused-ring (bicyclic) bond motifs is 1. The molecule has 0 spiro atoms. The molecular weight excluding hydrogens is 518 g/mol. The van der Waals surface area contributed by atoms with Crippen molar-refractivity contribution < 1.29 is 27.9 Å². The predicted octanol–water partition coefficient (Wildman–Crippen LogP) is 6.68. The summed E-state index contributed by atoms with van der Waals surface area (Å²) in [5, 5.41) is 18.5. The molecule has 1 aromatic heterocycles. The second kappa shape index (κ2) is 8.83. The van der Waals surface area contributed by atoms with E-state index in [2.05, 4.69) is 10.3 Å². The molecule has 0 bridgehead atoms. The molecule has 36 heavy (non-hydrogen) atoms. The van der Waals surface area contributed by atoms with E-state index in [0.717, 1.165) is 10.9 Å². The number of benzene rings is 3. The van der Waals surface area contributed by atoms with Crippen molar-refractivity contribution in [3.05, 3.63) is 88.2 Å². The zero-order valence-electron chi connectivity index (χ0n) is 18.3. The largest absolute Gasteiger partial charge is 0.480 e. The van der Waals surface area contributed by atoms with Gasteiger partial charge >= 0.3 is 12.1 Å². The first-order chi connectivity index (χ1) is 17.1. The highest BCUT2D eigenvalue weighted by atomic mass is 35.5. The topological polar surface area (TPSA) is 76.7 Å². The van der Waals surface area contributed by atoms with E-state index < -0.39 is 24.2 Å². The first-order valence-corrected chi connectivity index (χ1v) is 11.4. The molecule has 0 saturated carbocycles. The van der Waals surface area contributed by atoms with E-state index in [1.54, 1.807) is 36.5 Å². The molecule has 0 fully saturated rings. The fraction of sp³-hybridized carbons (Fsp3) is 0.160. The van der Waals surface area contributed by atoms with Crippen LogP contribution in [-0.4, -0.2) is 32.7 Å². The molecule has 0 saturated heterocycles. The Hall–Kier alpha value is -3.56. The van der Waals surface area contributed by atoms with E-state index in [4.69, 9.17) is 33.1 Å². The molecular formula is C25H16Cl2F3N3O3. The molecule has 184 valence electrons. The molecule has 0 amide bonds. The third-order valence-corrected chi connectivity index (χ3v) is 6.43. The monoisotopic (exact) mass is 533 g/mol.